The Kier molecular flexibility index (Phi) is 3.89. The van der Waals surface area contributed by atoms with E-state index in [1.807, 2.05) is 0 Å². The number of nitrogens with zero attached hydrogens (tertiary/aromatic N) is 2. The van der Waals surface area contributed by atoms with E-state index in [1.165, 1.54) is 58.3 Å². The summed E-state index contributed by atoms with van der Waals surface area (Å²) in [7, 11) is 0. The Morgan fingerprint density at radius 1 is 1.11 bits per heavy atom. The van der Waals surface area contributed by atoms with E-state index in [1.54, 1.807) is 0 Å². The average Bonchev–Trinajstić information content (AvgIpc) is 2.83. The topological polar surface area (TPSA) is 26.7 Å². The van der Waals surface area contributed by atoms with Gasteiger partial charge < -0.3 is 10.0 Å². The van der Waals surface area contributed by atoms with Gasteiger partial charge in [0, 0.05) is 19.1 Å². The predicted octanol–water partition coefficient (Wildman–Crippen LogP) is 1.95. The molecule has 0 spiro atoms. The largest absolute Gasteiger partial charge is 0.392 e. The van der Waals surface area contributed by atoms with Gasteiger partial charge in [-0.2, -0.15) is 0 Å². The maximum atomic E-state index is 10.5. The zero-order valence-electron chi connectivity index (χ0n) is 12.6. The van der Waals surface area contributed by atoms with E-state index in [0.717, 1.165) is 12.6 Å². The number of fused-ring (bicyclic) bond motifs is 1. The first-order valence-electron chi connectivity index (χ1n) is 8.21. The fourth-order valence-electron chi connectivity index (χ4n) is 4.47. The van der Waals surface area contributed by atoms with Crippen LogP contribution in [0.25, 0.3) is 0 Å². The molecule has 3 aliphatic rings. The molecule has 0 aromatic heterocycles. The van der Waals surface area contributed by atoms with Crippen molar-refractivity contribution in [1.82, 2.24) is 9.80 Å². The molecular weight excluding hydrogens is 236 g/mol. The van der Waals surface area contributed by atoms with Crippen LogP contribution >= 0.6 is 0 Å². The molecule has 19 heavy (non-hydrogen) atoms. The highest BCUT2D eigenvalue weighted by Crippen LogP contribution is 2.41. The molecule has 0 bridgehead atoms. The minimum absolute atomic E-state index is 0.101. The lowest BCUT2D eigenvalue weighted by Gasteiger charge is -2.31. The molecule has 2 heterocycles. The number of aliphatic hydroxyl groups is 1. The SMILES string of the molecule is CC1(C)CCC(CN2CCCN3CCCC3C2)C1O. The maximum absolute atomic E-state index is 10.5. The van der Waals surface area contributed by atoms with Crippen LogP contribution < -0.4 is 0 Å². The zero-order valence-corrected chi connectivity index (χ0v) is 12.6. The van der Waals surface area contributed by atoms with Crippen molar-refractivity contribution >= 4 is 0 Å². The van der Waals surface area contributed by atoms with E-state index in [4.69, 9.17) is 0 Å². The summed E-state index contributed by atoms with van der Waals surface area (Å²) >= 11 is 0. The van der Waals surface area contributed by atoms with Crippen molar-refractivity contribution in [3.05, 3.63) is 0 Å². The summed E-state index contributed by atoms with van der Waals surface area (Å²) in [5.74, 6) is 0.503. The van der Waals surface area contributed by atoms with Crippen molar-refractivity contribution in [2.24, 2.45) is 11.3 Å². The van der Waals surface area contributed by atoms with Crippen LogP contribution in [0.2, 0.25) is 0 Å². The van der Waals surface area contributed by atoms with Crippen LogP contribution in [-0.2, 0) is 0 Å². The second-order valence-corrected chi connectivity index (χ2v) is 7.68. The summed E-state index contributed by atoms with van der Waals surface area (Å²) in [6, 6.07) is 0.800. The lowest BCUT2D eigenvalue weighted by Crippen LogP contribution is -2.41. The van der Waals surface area contributed by atoms with Gasteiger partial charge in [-0.05, 0) is 63.1 Å². The van der Waals surface area contributed by atoms with Crippen molar-refractivity contribution in [2.75, 3.05) is 32.7 Å². The van der Waals surface area contributed by atoms with Crippen molar-refractivity contribution in [2.45, 2.75) is 58.1 Å². The lowest BCUT2D eigenvalue weighted by atomic mass is 9.87. The third-order valence-corrected chi connectivity index (χ3v) is 5.79. The molecule has 1 saturated carbocycles. The highest BCUT2D eigenvalue weighted by Gasteiger charge is 2.41. The smallest absolute Gasteiger partial charge is 0.0631 e. The van der Waals surface area contributed by atoms with Crippen LogP contribution in [0, 0.1) is 11.3 Å². The molecule has 0 aromatic rings. The van der Waals surface area contributed by atoms with Gasteiger partial charge in [0.25, 0.3) is 0 Å². The molecule has 2 aliphatic heterocycles. The van der Waals surface area contributed by atoms with E-state index in [9.17, 15) is 5.11 Å². The molecule has 3 nitrogen and oxygen atoms in total. The molecule has 3 rings (SSSR count). The van der Waals surface area contributed by atoms with Crippen LogP contribution in [0.5, 0.6) is 0 Å². The highest BCUT2D eigenvalue weighted by atomic mass is 16.3. The number of hydrogen-bond donors (Lipinski definition) is 1. The summed E-state index contributed by atoms with van der Waals surface area (Å²) in [5.41, 5.74) is 0.135. The molecule has 110 valence electrons. The van der Waals surface area contributed by atoms with Crippen molar-refractivity contribution in [1.29, 1.82) is 0 Å². The number of aliphatic hydroxyl groups excluding tert-OH is 1. The molecule has 0 radical (unpaired) electrons. The summed E-state index contributed by atoms with van der Waals surface area (Å²) < 4.78 is 0. The minimum atomic E-state index is -0.101. The maximum Gasteiger partial charge on any atom is 0.0631 e. The fraction of sp³-hybridized carbons (Fsp3) is 1.00. The van der Waals surface area contributed by atoms with Gasteiger partial charge >= 0.3 is 0 Å². The van der Waals surface area contributed by atoms with Crippen molar-refractivity contribution < 1.29 is 5.11 Å². The zero-order chi connectivity index (χ0) is 13.5. The molecule has 3 heteroatoms. The highest BCUT2D eigenvalue weighted by molar-refractivity contribution is 4.93. The van der Waals surface area contributed by atoms with Crippen LogP contribution in [0.3, 0.4) is 0 Å². The van der Waals surface area contributed by atoms with Gasteiger partial charge in [-0.15, -0.1) is 0 Å². The monoisotopic (exact) mass is 266 g/mol. The summed E-state index contributed by atoms with van der Waals surface area (Å²) in [6.07, 6.45) is 6.37. The second-order valence-electron chi connectivity index (χ2n) is 7.68. The Labute approximate surface area is 118 Å². The average molecular weight is 266 g/mol. The molecular formula is C16H30N2O. The normalized spacial score (nSPS) is 40.3. The summed E-state index contributed by atoms with van der Waals surface area (Å²) in [6.45, 7) is 10.6. The first-order valence-corrected chi connectivity index (χ1v) is 8.21. The van der Waals surface area contributed by atoms with Gasteiger partial charge in [-0.25, -0.2) is 0 Å². The van der Waals surface area contributed by atoms with Crippen LogP contribution in [0.15, 0.2) is 0 Å². The van der Waals surface area contributed by atoms with Crippen LogP contribution in [0.4, 0.5) is 0 Å². The third-order valence-electron chi connectivity index (χ3n) is 5.79. The first kappa shape index (κ1) is 13.8. The van der Waals surface area contributed by atoms with E-state index >= 15 is 0 Å². The van der Waals surface area contributed by atoms with Crippen LogP contribution in [-0.4, -0.2) is 59.8 Å². The Bertz CT molecular complexity index is 318. The van der Waals surface area contributed by atoms with E-state index in [-0.39, 0.29) is 11.5 Å². The third kappa shape index (κ3) is 2.84. The molecule has 1 N–H and O–H groups in total. The van der Waals surface area contributed by atoms with E-state index in [0.29, 0.717) is 5.92 Å². The van der Waals surface area contributed by atoms with Gasteiger partial charge in [0.2, 0.25) is 0 Å². The Morgan fingerprint density at radius 3 is 2.63 bits per heavy atom. The summed E-state index contributed by atoms with van der Waals surface area (Å²) in [4.78, 5) is 5.33. The van der Waals surface area contributed by atoms with Gasteiger partial charge in [0.15, 0.2) is 0 Å². The number of hydrogen-bond acceptors (Lipinski definition) is 3. The van der Waals surface area contributed by atoms with Gasteiger partial charge in [-0.3, -0.25) is 4.90 Å². The Balaban J connectivity index is 1.57. The predicted molar refractivity (Wildman–Crippen MR) is 78.2 cm³/mol. The van der Waals surface area contributed by atoms with Gasteiger partial charge in [0.1, 0.15) is 0 Å². The second kappa shape index (κ2) is 5.34. The molecule has 1 aliphatic carbocycles. The summed E-state index contributed by atoms with van der Waals surface area (Å²) in [5, 5.41) is 10.5. The van der Waals surface area contributed by atoms with E-state index in [2.05, 4.69) is 23.6 Å². The van der Waals surface area contributed by atoms with Gasteiger partial charge in [0.05, 0.1) is 6.10 Å². The minimum Gasteiger partial charge on any atom is -0.392 e. The molecule has 3 unspecified atom stereocenters. The quantitative estimate of drug-likeness (QED) is 0.827. The standard InChI is InChI=1S/C16H30N2O/c1-16(2)7-6-13(15(16)19)11-17-8-4-10-18-9-3-5-14(18)12-17/h13-15,19H,3-12H2,1-2H3. The Hall–Kier alpha value is -0.120. The van der Waals surface area contributed by atoms with Crippen LogP contribution in [0.1, 0.15) is 46.0 Å². The van der Waals surface area contributed by atoms with Crippen molar-refractivity contribution in [3.8, 4) is 0 Å². The van der Waals surface area contributed by atoms with E-state index < -0.39 is 0 Å². The molecule has 3 atom stereocenters. The fourth-order valence-corrected chi connectivity index (χ4v) is 4.47. The molecule has 3 fully saturated rings. The molecule has 0 aromatic carbocycles. The molecule has 2 saturated heterocycles. The molecule has 0 amide bonds. The van der Waals surface area contributed by atoms with Gasteiger partial charge in [-0.1, -0.05) is 13.8 Å². The Morgan fingerprint density at radius 2 is 1.89 bits per heavy atom. The number of rotatable bonds is 2. The first-order chi connectivity index (χ1) is 9.06. The van der Waals surface area contributed by atoms with Crippen molar-refractivity contribution in [3.63, 3.8) is 0 Å². The lowest BCUT2D eigenvalue weighted by molar-refractivity contribution is 0.0318.